The standard InChI is InChI=1S/C17H25N5S/c1-10-8-22(9-11(10)7-19-2)16-15-14(20-17(18)21-16)12-5-3-4-6-13(12)23-15/h10-11,19H,3-9H2,1-2H3,(H2,18,20,21)/t10-,11+/m1/s1. The molecule has 23 heavy (non-hydrogen) atoms. The molecule has 124 valence electrons. The van der Waals surface area contributed by atoms with E-state index in [1.807, 2.05) is 18.4 Å². The second kappa shape index (κ2) is 5.91. The number of nitrogens with zero attached hydrogens (tertiary/aromatic N) is 3. The summed E-state index contributed by atoms with van der Waals surface area (Å²) in [5.74, 6) is 2.82. The summed E-state index contributed by atoms with van der Waals surface area (Å²) < 4.78 is 1.25. The van der Waals surface area contributed by atoms with Crippen molar-refractivity contribution in [2.75, 3.05) is 37.3 Å². The van der Waals surface area contributed by atoms with Gasteiger partial charge in [-0.1, -0.05) is 6.92 Å². The lowest BCUT2D eigenvalue weighted by Gasteiger charge is -2.18. The van der Waals surface area contributed by atoms with Gasteiger partial charge in [0, 0.05) is 18.0 Å². The van der Waals surface area contributed by atoms with Crippen LogP contribution >= 0.6 is 11.3 Å². The highest BCUT2D eigenvalue weighted by Crippen LogP contribution is 2.41. The molecule has 1 fully saturated rings. The third-order valence-corrected chi connectivity index (χ3v) is 6.60. The lowest BCUT2D eigenvalue weighted by Crippen LogP contribution is -2.25. The van der Waals surface area contributed by atoms with Crippen molar-refractivity contribution in [3.05, 3.63) is 10.4 Å². The highest BCUT2D eigenvalue weighted by molar-refractivity contribution is 7.19. The van der Waals surface area contributed by atoms with Crippen molar-refractivity contribution in [1.82, 2.24) is 15.3 Å². The minimum atomic E-state index is 0.420. The lowest BCUT2D eigenvalue weighted by atomic mass is 9.98. The van der Waals surface area contributed by atoms with Gasteiger partial charge in [-0.25, -0.2) is 4.98 Å². The summed E-state index contributed by atoms with van der Waals surface area (Å²) >= 11 is 1.90. The summed E-state index contributed by atoms with van der Waals surface area (Å²) in [4.78, 5) is 13.2. The molecule has 2 aromatic rings. The second-order valence-electron chi connectivity index (χ2n) is 6.99. The molecule has 0 radical (unpaired) electrons. The number of aromatic nitrogens is 2. The number of aryl methyl sites for hydroxylation is 2. The fourth-order valence-electron chi connectivity index (χ4n) is 4.07. The van der Waals surface area contributed by atoms with Crippen molar-refractivity contribution >= 4 is 33.3 Å². The Balaban J connectivity index is 1.77. The Morgan fingerprint density at radius 3 is 2.91 bits per heavy atom. The van der Waals surface area contributed by atoms with Crippen LogP contribution < -0.4 is 16.0 Å². The highest BCUT2D eigenvalue weighted by Gasteiger charge is 2.32. The zero-order valence-electron chi connectivity index (χ0n) is 13.9. The minimum absolute atomic E-state index is 0.420. The Bertz CT molecular complexity index is 725. The molecule has 1 saturated heterocycles. The van der Waals surface area contributed by atoms with Crippen LogP contribution in [-0.4, -0.2) is 36.6 Å². The Morgan fingerprint density at radius 1 is 1.26 bits per heavy atom. The molecule has 6 heteroatoms. The quantitative estimate of drug-likeness (QED) is 0.904. The van der Waals surface area contributed by atoms with E-state index in [0.717, 1.165) is 37.4 Å². The fraction of sp³-hybridized carbons (Fsp3) is 0.647. The summed E-state index contributed by atoms with van der Waals surface area (Å²) in [6, 6.07) is 0. The maximum Gasteiger partial charge on any atom is 0.222 e. The molecule has 4 rings (SSSR count). The van der Waals surface area contributed by atoms with Crippen molar-refractivity contribution in [2.45, 2.75) is 32.6 Å². The SMILES string of the molecule is CNC[C@H]1CN(c2nc(N)nc3c4c(sc23)CCCC4)C[C@H]1C. The molecule has 3 heterocycles. The van der Waals surface area contributed by atoms with Crippen LogP contribution in [0, 0.1) is 11.8 Å². The first-order valence-corrected chi connectivity index (χ1v) is 9.46. The summed E-state index contributed by atoms with van der Waals surface area (Å²) in [6.07, 6.45) is 4.89. The molecule has 0 unspecified atom stereocenters. The van der Waals surface area contributed by atoms with E-state index < -0.39 is 0 Å². The number of rotatable bonds is 3. The topological polar surface area (TPSA) is 67.1 Å². The maximum atomic E-state index is 6.06. The zero-order chi connectivity index (χ0) is 16.0. The highest BCUT2D eigenvalue weighted by atomic mass is 32.1. The summed E-state index contributed by atoms with van der Waals surface area (Å²) in [7, 11) is 2.03. The third kappa shape index (κ3) is 2.58. The van der Waals surface area contributed by atoms with E-state index in [-0.39, 0.29) is 0 Å². The van der Waals surface area contributed by atoms with Crippen LogP contribution in [0.15, 0.2) is 0 Å². The van der Waals surface area contributed by atoms with Crippen LogP contribution in [0.4, 0.5) is 11.8 Å². The normalized spacial score (nSPS) is 24.3. The molecule has 0 aromatic carbocycles. The van der Waals surface area contributed by atoms with Gasteiger partial charge in [0.1, 0.15) is 0 Å². The van der Waals surface area contributed by atoms with E-state index in [1.165, 1.54) is 34.4 Å². The Labute approximate surface area is 141 Å². The predicted octanol–water partition coefficient (Wildman–Crippen LogP) is 2.44. The van der Waals surface area contributed by atoms with E-state index in [0.29, 0.717) is 17.8 Å². The molecule has 0 saturated carbocycles. The Kier molecular flexibility index (Phi) is 3.89. The lowest BCUT2D eigenvalue weighted by molar-refractivity contribution is 0.435. The van der Waals surface area contributed by atoms with Crippen LogP contribution in [0.3, 0.4) is 0 Å². The van der Waals surface area contributed by atoms with Gasteiger partial charge in [-0.3, -0.25) is 0 Å². The number of thiophene rings is 1. The van der Waals surface area contributed by atoms with Crippen molar-refractivity contribution < 1.29 is 0 Å². The monoisotopic (exact) mass is 331 g/mol. The molecule has 0 amide bonds. The van der Waals surface area contributed by atoms with Gasteiger partial charge in [0.05, 0.1) is 10.2 Å². The van der Waals surface area contributed by atoms with Gasteiger partial charge in [-0.15, -0.1) is 11.3 Å². The molecule has 3 N–H and O–H groups in total. The average Bonchev–Trinajstić information content (AvgIpc) is 3.08. The Morgan fingerprint density at radius 2 is 2.09 bits per heavy atom. The largest absolute Gasteiger partial charge is 0.368 e. The zero-order valence-corrected chi connectivity index (χ0v) is 14.7. The van der Waals surface area contributed by atoms with Crippen molar-refractivity contribution in [1.29, 1.82) is 0 Å². The van der Waals surface area contributed by atoms with Gasteiger partial charge in [0.15, 0.2) is 5.82 Å². The van der Waals surface area contributed by atoms with Gasteiger partial charge in [0.25, 0.3) is 0 Å². The summed E-state index contributed by atoms with van der Waals surface area (Å²) in [5.41, 5.74) is 8.61. The van der Waals surface area contributed by atoms with Gasteiger partial charge in [-0.2, -0.15) is 4.98 Å². The summed E-state index contributed by atoms with van der Waals surface area (Å²) in [5, 5.41) is 3.32. The molecule has 2 aliphatic rings. The minimum Gasteiger partial charge on any atom is -0.368 e. The van der Waals surface area contributed by atoms with Crippen LogP contribution in [0.1, 0.15) is 30.2 Å². The van der Waals surface area contributed by atoms with Gasteiger partial charge < -0.3 is 16.0 Å². The number of fused-ring (bicyclic) bond motifs is 3. The molecule has 0 bridgehead atoms. The fourth-order valence-corrected chi connectivity index (χ4v) is 5.41. The molecule has 2 aromatic heterocycles. The maximum absolute atomic E-state index is 6.06. The van der Waals surface area contributed by atoms with E-state index >= 15 is 0 Å². The second-order valence-corrected chi connectivity index (χ2v) is 8.10. The van der Waals surface area contributed by atoms with Gasteiger partial charge in [-0.05, 0) is 56.7 Å². The van der Waals surface area contributed by atoms with Crippen LogP contribution in [0.5, 0.6) is 0 Å². The van der Waals surface area contributed by atoms with Crippen LogP contribution in [-0.2, 0) is 12.8 Å². The molecule has 5 nitrogen and oxygen atoms in total. The van der Waals surface area contributed by atoms with E-state index in [4.69, 9.17) is 5.73 Å². The van der Waals surface area contributed by atoms with Crippen LogP contribution in [0.25, 0.3) is 10.2 Å². The van der Waals surface area contributed by atoms with Crippen molar-refractivity contribution in [3.8, 4) is 0 Å². The van der Waals surface area contributed by atoms with E-state index in [9.17, 15) is 0 Å². The van der Waals surface area contributed by atoms with Crippen molar-refractivity contribution in [2.24, 2.45) is 11.8 Å². The number of nitrogen functional groups attached to an aromatic ring is 1. The van der Waals surface area contributed by atoms with Gasteiger partial charge >= 0.3 is 0 Å². The first-order valence-electron chi connectivity index (χ1n) is 8.64. The summed E-state index contributed by atoms with van der Waals surface area (Å²) in [6.45, 7) is 5.50. The van der Waals surface area contributed by atoms with Crippen LogP contribution in [0.2, 0.25) is 0 Å². The molecule has 1 aliphatic heterocycles. The molecular formula is C17H25N5S. The Hall–Kier alpha value is -1.40. The van der Waals surface area contributed by atoms with E-state index in [1.54, 1.807) is 0 Å². The van der Waals surface area contributed by atoms with Crippen molar-refractivity contribution in [3.63, 3.8) is 0 Å². The first kappa shape index (κ1) is 15.1. The molecular weight excluding hydrogens is 306 g/mol. The molecule has 1 aliphatic carbocycles. The average molecular weight is 331 g/mol. The third-order valence-electron chi connectivity index (χ3n) is 5.33. The number of nitrogens with two attached hydrogens (primary N) is 1. The number of hydrogen-bond donors (Lipinski definition) is 2. The van der Waals surface area contributed by atoms with Gasteiger partial charge in [0.2, 0.25) is 5.95 Å². The number of anilines is 2. The number of hydrogen-bond acceptors (Lipinski definition) is 6. The molecule has 0 spiro atoms. The molecule has 2 atom stereocenters. The van der Waals surface area contributed by atoms with E-state index in [2.05, 4.69) is 27.1 Å². The smallest absolute Gasteiger partial charge is 0.222 e. The predicted molar refractivity (Wildman–Crippen MR) is 97.3 cm³/mol. The number of nitrogens with one attached hydrogen (secondary N) is 1. The first-order chi connectivity index (χ1) is 11.2.